The number of hydrogen-bond acceptors (Lipinski definition) is 4. The number of benzene rings is 1. The Bertz CT molecular complexity index is 719. The number of anilines is 1. The van der Waals surface area contributed by atoms with Gasteiger partial charge in [0.1, 0.15) is 24.5 Å². The van der Waals surface area contributed by atoms with Gasteiger partial charge >= 0.3 is 6.18 Å². The van der Waals surface area contributed by atoms with Crippen LogP contribution in [0.1, 0.15) is 17.7 Å². The Morgan fingerprint density at radius 3 is 2.74 bits per heavy atom. The Morgan fingerprint density at radius 1 is 1.35 bits per heavy atom. The summed E-state index contributed by atoms with van der Waals surface area (Å²) in [5, 5.41) is 10.7. The number of furan rings is 1. The number of amides is 1. The van der Waals surface area contributed by atoms with Crippen molar-refractivity contribution >= 4 is 11.6 Å². The fourth-order valence-corrected chi connectivity index (χ4v) is 1.74. The summed E-state index contributed by atoms with van der Waals surface area (Å²) < 4.78 is 48.7. The van der Waals surface area contributed by atoms with Gasteiger partial charge in [0.15, 0.2) is 0 Å². The summed E-state index contributed by atoms with van der Waals surface area (Å²) in [7, 11) is 0. The number of alkyl halides is 3. The number of carbonyl (C=O) groups is 1. The molecule has 1 aromatic heterocycles. The number of carbonyl (C=O) groups excluding carboxylic acids is 1. The van der Waals surface area contributed by atoms with E-state index in [1.165, 1.54) is 6.26 Å². The molecule has 120 valence electrons. The summed E-state index contributed by atoms with van der Waals surface area (Å²) in [6.07, 6.45) is -3.61. The Morgan fingerprint density at radius 2 is 2.13 bits per heavy atom. The maximum atomic E-state index is 12.8. The second-order valence-electron chi connectivity index (χ2n) is 4.46. The first-order valence-corrected chi connectivity index (χ1v) is 6.43. The molecule has 1 N–H and O–H groups in total. The molecule has 0 unspecified atom stereocenters. The second-order valence-corrected chi connectivity index (χ2v) is 4.46. The number of hydrogen-bond donors (Lipinski definition) is 1. The monoisotopic (exact) mass is 324 g/mol. The number of rotatable bonds is 5. The maximum Gasteiger partial charge on any atom is 0.416 e. The summed E-state index contributed by atoms with van der Waals surface area (Å²) in [6.45, 7) is -0.0144. The molecule has 0 fully saturated rings. The van der Waals surface area contributed by atoms with Crippen LogP contribution >= 0.6 is 0 Å². The number of ether oxygens (including phenoxy) is 1. The lowest BCUT2D eigenvalue weighted by Gasteiger charge is -2.14. The minimum atomic E-state index is -4.56. The van der Waals surface area contributed by atoms with Gasteiger partial charge < -0.3 is 14.5 Å². The Balaban J connectivity index is 2.24. The predicted molar refractivity (Wildman–Crippen MR) is 73.3 cm³/mol. The first-order valence-electron chi connectivity index (χ1n) is 6.43. The molecule has 2 aromatic rings. The fourth-order valence-electron chi connectivity index (χ4n) is 1.74. The highest BCUT2D eigenvalue weighted by Gasteiger charge is 2.31. The van der Waals surface area contributed by atoms with Crippen molar-refractivity contribution in [3.05, 3.63) is 47.9 Å². The van der Waals surface area contributed by atoms with Crippen LogP contribution in [0.5, 0.6) is 5.75 Å². The zero-order valence-electron chi connectivity index (χ0n) is 11.7. The van der Waals surface area contributed by atoms with Crippen molar-refractivity contribution in [2.24, 2.45) is 0 Å². The van der Waals surface area contributed by atoms with E-state index in [1.807, 2.05) is 0 Å². The molecule has 1 heterocycles. The van der Waals surface area contributed by atoms with Gasteiger partial charge in [-0.2, -0.15) is 18.4 Å². The van der Waals surface area contributed by atoms with E-state index in [4.69, 9.17) is 14.4 Å². The van der Waals surface area contributed by atoms with Crippen LogP contribution in [0.3, 0.4) is 0 Å². The van der Waals surface area contributed by atoms with Crippen molar-refractivity contribution in [1.82, 2.24) is 0 Å². The Labute approximate surface area is 129 Å². The van der Waals surface area contributed by atoms with E-state index in [0.717, 1.165) is 18.2 Å². The van der Waals surface area contributed by atoms with Crippen LogP contribution in [0.15, 0.2) is 41.0 Å². The van der Waals surface area contributed by atoms with Crippen LogP contribution in [-0.2, 0) is 17.6 Å². The summed E-state index contributed by atoms with van der Waals surface area (Å²) in [5.74, 6) is -0.213. The zero-order chi connectivity index (χ0) is 16.9. The summed E-state index contributed by atoms with van der Waals surface area (Å²) in [5.41, 5.74) is -1.10. The average molecular weight is 324 g/mol. The van der Waals surface area contributed by atoms with Crippen LogP contribution in [0.25, 0.3) is 0 Å². The van der Waals surface area contributed by atoms with E-state index in [1.54, 1.807) is 18.2 Å². The predicted octanol–water partition coefficient (Wildman–Crippen LogP) is 3.73. The molecule has 0 saturated carbocycles. The van der Waals surface area contributed by atoms with Gasteiger partial charge in [0.05, 0.1) is 23.6 Å². The van der Waals surface area contributed by atoms with E-state index in [2.05, 4.69) is 5.32 Å². The standard InChI is InChI=1S/C15H11F3N2O3/c16-15(17,18)10-3-4-13(23-9-11-2-1-7-22-11)12(8-10)20-14(21)5-6-19/h1-4,7-8H,5,9H2,(H,20,21). The molecule has 0 radical (unpaired) electrons. The van der Waals surface area contributed by atoms with Crippen LogP contribution in [0.4, 0.5) is 18.9 Å². The van der Waals surface area contributed by atoms with Crippen LogP contribution in [0, 0.1) is 11.3 Å². The van der Waals surface area contributed by atoms with E-state index < -0.39 is 24.1 Å². The van der Waals surface area contributed by atoms with E-state index in [9.17, 15) is 18.0 Å². The molecule has 0 aliphatic heterocycles. The Hall–Kier alpha value is -2.95. The van der Waals surface area contributed by atoms with Gasteiger partial charge in [-0.05, 0) is 30.3 Å². The van der Waals surface area contributed by atoms with Crippen LogP contribution in [0.2, 0.25) is 0 Å². The normalized spacial score (nSPS) is 10.9. The molecular formula is C15H11F3N2O3. The molecule has 0 atom stereocenters. The molecule has 1 amide bonds. The lowest BCUT2D eigenvalue weighted by atomic mass is 10.1. The largest absolute Gasteiger partial charge is 0.483 e. The zero-order valence-corrected chi connectivity index (χ0v) is 11.7. The molecule has 0 bridgehead atoms. The van der Waals surface area contributed by atoms with E-state index in [-0.39, 0.29) is 18.0 Å². The van der Waals surface area contributed by atoms with Gasteiger partial charge in [0, 0.05) is 0 Å². The van der Waals surface area contributed by atoms with Gasteiger partial charge in [0.25, 0.3) is 0 Å². The fraction of sp³-hybridized carbons (Fsp3) is 0.200. The molecule has 0 aliphatic carbocycles. The molecule has 5 nitrogen and oxygen atoms in total. The van der Waals surface area contributed by atoms with Gasteiger partial charge in [-0.1, -0.05) is 0 Å². The van der Waals surface area contributed by atoms with Crippen molar-refractivity contribution in [2.75, 3.05) is 5.32 Å². The topological polar surface area (TPSA) is 75.3 Å². The SMILES string of the molecule is N#CCC(=O)Nc1cc(C(F)(F)F)ccc1OCc1ccco1. The van der Waals surface area contributed by atoms with Crippen molar-refractivity contribution in [3.63, 3.8) is 0 Å². The number of nitriles is 1. The highest BCUT2D eigenvalue weighted by Crippen LogP contribution is 2.35. The molecule has 23 heavy (non-hydrogen) atoms. The first-order chi connectivity index (χ1) is 10.9. The third kappa shape index (κ3) is 4.51. The van der Waals surface area contributed by atoms with Gasteiger partial charge in [-0.3, -0.25) is 4.79 Å². The Kier molecular flexibility index (Phi) is 4.91. The number of nitrogens with one attached hydrogen (secondary N) is 1. The third-order valence-electron chi connectivity index (χ3n) is 2.77. The average Bonchev–Trinajstić information content (AvgIpc) is 2.98. The van der Waals surface area contributed by atoms with Crippen molar-refractivity contribution < 1.29 is 27.1 Å². The molecule has 1 aromatic carbocycles. The molecule has 0 saturated heterocycles. The summed E-state index contributed by atoms with van der Waals surface area (Å²) in [4.78, 5) is 11.5. The minimum absolute atomic E-state index is 0.0144. The highest BCUT2D eigenvalue weighted by molar-refractivity contribution is 5.93. The van der Waals surface area contributed by atoms with Gasteiger partial charge in [0.2, 0.25) is 5.91 Å². The van der Waals surface area contributed by atoms with Crippen molar-refractivity contribution in [1.29, 1.82) is 5.26 Å². The maximum absolute atomic E-state index is 12.8. The first kappa shape index (κ1) is 16.4. The molecule has 8 heteroatoms. The number of nitrogens with zero attached hydrogens (tertiary/aromatic N) is 1. The lowest BCUT2D eigenvalue weighted by Crippen LogP contribution is -2.13. The van der Waals surface area contributed by atoms with Crippen molar-refractivity contribution in [2.45, 2.75) is 19.2 Å². The van der Waals surface area contributed by atoms with E-state index in [0.29, 0.717) is 5.76 Å². The van der Waals surface area contributed by atoms with Crippen LogP contribution in [-0.4, -0.2) is 5.91 Å². The van der Waals surface area contributed by atoms with Gasteiger partial charge in [-0.15, -0.1) is 0 Å². The molecular weight excluding hydrogens is 313 g/mol. The van der Waals surface area contributed by atoms with Crippen molar-refractivity contribution in [3.8, 4) is 11.8 Å². The van der Waals surface area contributed by atoms with Crippen LogP contribution < -0.4 is 10.1 Å². The quantitative estimate of drug-likeness (QED) is 0.909. The second kappa shape index (κ2) is 6.87. The van der Waals surface area contributed by atoms with Gasteiger partial charge in [-0.25, -0.2) is 0 Å². The van der Waals surface area contributed by atoms with E-state index >= 15 is 0 Å². The highest BCUT2D eigenvalue weighted by atomic mass is 19.4. The summed E-state index contributed by atoms with van der Waals surface area (Å²) in [6, 6.07) is 7.60. The minimum Gasteiger partial charge on any atom is -0.483 e. The smallest absolute Gasteiger partial charge is 0.416 e. The summed E-state index contributed by atoms with van der Waals surface area (Å²) >= 11 is 0. The lowest BCUT2D eigenvalue weighted by molar-refractivity contribution is -0.137. The third-order valence-corrected chi connectivity index (χ3v) is 2.77. The molecule has 2 rings (SSSR count). The molecule has 0 aliphatic rings. The number of halogens is 3. The molecule has 0 spiro atoms.